The van der Waals surface area contributed by atoms with Crippen LogP contribution in [0.2, 0.25) is 0 Å². The quantitative estimate of drug-likeness (QED) is 0.796. The lowest BCUT2D eigenvalue weighted by Crippen LogP contribution is -2.14. The second-order valence-electron chi connectivity index (χ2n) is 6.36. The second kappa shape index (κ2) is 8.21. The third-order valence-corrected chi connectivity index (χ3v) is 4.17. The number of nitrogens with one attached hydrogen (secondary N) is 1. The Hall–Kier alpha value is -2.27. The SMILES string of the molecule is CCCOc1ccc(CNCc2cc(OC)cc3c2OC(C)C3)cn1. The number of nitrogens with zero attached hydrogens (tertiary/aromatic N) is 1. The van der Waals surface area contributed by atoms with E-state index in [1.54, 1.807) is 7.11 Å². The van der Waals surface area contributed by atoms with Gasteiger partial charge in [-0.15, -0.1) is 0 Å². The van der Waals surface area contributed by atoms with E-state index in [0.29, 0.717) is 12.5 Å². The molecule has 1 aromatic heterocycles. The van der Waals surface area contributed by atoms with Gasteiger partial charge in [0.1, 0.15) is 17.6 Å². The average molecular weight is 342 g/mol. The molecule has 0 spiro atoms. The summed E-state index contributed by atoms with van der Waals surface area (Å²) in [5.74, 6) is 2.56. The van der Waals surface area contributed by atoms with Crippen LogP contribution in [0.25, 0.3) is 0 Å². The molecule has 1 aliphatic rings. The van der Waals surface area contributed by atoms with Crippen LogP contribution in [0.15, 0.2) is 30.5 Å². The van der Waals surface area contributed by atoms with Gasteiger partial charge in [0.15, 0.2) is 0 Å². The molecular weight excluding hydrogens is 316 g/mol. The molecule has 2 heterocycles. The zero-order valence-corrected chi connectivity index (χ0v) is 15.2. The van der Waals surface area contributed by atoms with E-state index in [0.717, 1.165) is 48.6 Å². The number of hydrogen-bond acceptors (Lipinski definition) is 5. The monoisotopic (exact) mass is 342 g/mol. The maximum absolute atomic E-state index is 5.97. The van der Waals surface area contributed by atoms with E-state index in [1.165, 1.54) is 5.56 Å². The van der Waals surface area contributed by atoms with Gasteiger partial charge in [-0.2, -0.15) is 0 Å². The predicted octanol–water partition coefficient (Wildman–Crippen LogP) is 3.49. The first-order chi connectivity index (χ1) is 12.2. The molecule has 0 radical (unpaired) electrons. The van der Waals surface area contributed by atoms with Gasteiger partial charge in [-0.3, -0.25) is 0 Å². The largest absolute Gasteiger partial charge is 0.497 e. The molecule has 3 rings (SSSR count). The van der Waals surface area contributed by atoms with Crippen LogP contribution in [0.4, 0.5) is 0 Å². The van der Waals surface area contributed by atoms with E-state index in [1.807, 2.05) is 24.4 Å². The smallest absolute Gasteiger partial charge is 0.213 e. The fourth-order valence-electron chi connectivity index (χ4n) is 2.98. The summed E-state index contributed by atoms with van der Waals surface area (Å²) in [6.07, 6.45) is 3.99. The molecule has 1 atom stereocenters. The highest BCUT2D eigenvalue weighted by atomic mass is 16.5. The minimum atomic E-state index is 0.223. The van der Waals surface area contributed by atoms with E-state index < -0.39 is 0 Å². The van der Waals surface area contributed by atoms with Gasteiger partial charge in [0.25, 0.3) is 0 Å². The van der Waals surface area contributed by atoms with Crippen molar-refractivity contribution in [3.8, 4) is 17.4 Å². The number of pyridine rings is 1. The van der Waals surface area contributed by atoms with Crippen molar-refractivity contribution < 1.29 is 14.2 Å². The standard InChI is InChI=1S/C20H26N2O3/c1-4-7-24-19-6-5-15(12-22-19)11-21-13-17-10-18(23-3)9-16-8-14(2)25-20(16)17/h5-6,9-10,12,14,21H,4,7-8,11,13H2,1-3H3. The first-order valence-corrected chi connectivity index (χ1v) is 8.84. The molecule has 5 nitrogen and oxygen atoms in total. The zero-order chi connectivity index (χ0) is 17.6. The molecule has 0 amide bonds. The van der Waals surface area contributed by atoms with Gasteiger partial charge in [0, 0.05) is 42.9 Å². The summed E-state index contributed by atoms with van der Waals surface area (Å²) in [6, 6.07) is 8.07. The van der Waals surface area contributed by atoms with Crippen molar-refractivity contribution >= 4 is 0 Å². The Morgan fingerprint density at radius 1 is 1.28 bits per heavy atom. The molecule has 25 heavy (non-hydrogen) atoms. The van der Waals surface area contributed by atoms with Crippen molar-refractivity contribution in [2.75, 3.05) is 13.7 Å². The predicted molar refractivity (Wildman–Crippen MR) is 97.4 cm³/mol. The molecule has 1 unspecified atom stereocenters. The molecule has 1 aromatic carbocycles. The lowest BCUT2D eigenvalue weighted by molar-refractivity contribution is 0.252. The Morgan fingerprint density at radius 3 is 2.88 bits per heavy atom. The zero-order valence-electron chi connectivity index (χ0n) is 15.2. The lowest BCUT2D eigenvalue weighted by atomic mass is 10.1. The summed E-state index contributed by atoms with van der Waals surface area (Å²) >= 11 is 0. The molecule has 1 aliphatic heterocycles. The highest BCUT2D eigenvalue weighted by Gasteiger charge is 2.23. The van der Waals surface area contributed by atoms with Crippen LogP contribution in [-0.2, 0) is 19.5 Å². The van der Waals surface area contributed by atoms with Crippen LogP contribution in [0.1, 0.15) is 37.0 Å². The average Bonchev–Trinajstić information content (AvgIpc) is 3.01. The van der Waals surface area contributed by atoms with Gasteiger partial charge in [-0.1, -0.05) is 13.0 Å². The van der Waals surface area contributed by atoms with Gasteiger partial charge in [0.2, 0.25) is 5.88 Å². The fourth-order valence-corrected chi connectivity index (χ4v) is 2.98. The maximum Gasteiger partial charge on any atom is 0.213 e. The van der Waals surface area contributed by atoms with Crippen LogP contribution in [-0.4, -0.2) is 24.8 Å². The fraction of sp³-hybridized carbons (Fsp3) is 0.450. The Labute approximate surface area is 149 Å². The first-order valence-electron chi connectivity index (χ1n) is 8.84. The normalized spacial score (nSPS) is 15.6. The summed E-state index contributed by atoms with van der Waals surface area (Å²) in [6.45, 7) is 6.34. The van der Waals surface area contributed by atoms with Crippen LogP contribution in [0, 0.1) is 0 Å². The number of hydrogen-bond donors (Lipinski definition) is 1. The van der Waals surface area contributed by atoms with Gasteiger partial charge in [-0.05, 0) is 31.0 Å². The van der Waals surface area contributed by atoms with E-state index >= 15 is 0 Å². The molecule has 5 heteroatoms. The van der Waals surface area contributed by atoms with Gasteiger partial charge >= 0.3 is 0 Å². The molecule has 1 N–H and O–H groups in total. The van der Waals surface area contributed by atoms with E-state index in [2.05, 4.69) is 30.2 Å². The number of methoxy groups -OCH3 is 1. The topological polar surface area (TPSA) is 52.6 Å². The van der Waals surface area contributed by atoms with E-state index in [9.17, 15) is 0 Å². The highest BCUT2D eigenvalue weighted by molar-refractivity contribution is 5.49. The molecule has 0 saturated heterocycles. The molecule has 0 aliphatic carbocycles. The Kier molecular flexibility index (Phi) is 5.76. The van der Waals surface area contributed by atoms with Crippen molar-refractivity contribution in [1.82, 2.24) is 10.3 Å². The number of fused-ring (bicyclic) bond motifs is 1. The third kappa shape index (κ3) is 4.42. The van der Waals surface area contributed by atoms with Crippen molar-refractivity contribution in [1.29, 1.82) is 0 Å². The van der Waals surface area contributed by atoms with Crippen molar-refractivity contribution in [3.63, 3.8) is 0 Å². The Morgan fingerprint density at radius 2 is 2.16 bits per heavy atom. The van der Waals surface area contributed by atoms with Gasteiger partial charge < -0.3 is 19.5 Å². The Balaban J connectivity index is 1.60. The van der Waals surface area contributed by atoms with Crippen LogP contribution < -0.4 is 19.5 Å². The van der Waals surface area contributed by atoms with Crippen molar-refractivity contribution in [2.45, 2.75) is 45.9 Å². The summed E-state index contributed by atoms with van der Waals surface area (Å²) in [5.41, 5.74) is 3.48. The van der Waals surface area contributed by atoms with Crippen LogP contribution in [0.3, 0.4) is 0 Å². The maximum atomic E-state index is 5.97. The molecule has 2 aromatic rings. The molecule has 0 bridgehead atoms. The molecule has 0 saturated carbocycles. The lowest BCUT2D eigenvalue weighted by Gasteiger charge is -2.12. The minimum Gasteiger partial charge on any atom is -0.497 e. The van der Waals surface area contributed by atoms with E-state index in [-0.39, 0.29) is 6.10 Å². The number of benzene rings is 1. The van der Waals surface area contributed by atoms with Crippen molar-refractivity contribution in [3.05, 3.63) is 47.2 Å². The van der Waals surface area contributed by atoms with Gasteiger partial charge in [-0.25, -0.2) is 4.98 Å². The molecule has 134 valence electrons. The summed E-state index contributed by atoms with van der Waals surface area (Å²) < 4.78 is 16.9. The number of ether oxygens (including phenoxy) is 3. The third-order valence-electron chi connectivity index (χ3n) is 4.17. The van der Waals surface area contributed by atoms with Gasteiger partial charge in [0.05, 0.1) is 13.7 Å². The highest BCUT2D eigenvalue weighted by Crippen LogP contribution is 2.36. The van der Waals surface area contributed by atoms with Crippen molar-refractivity contribution in [2.24, 2.45) is 0 Å². The number of rotatable bonds is 8. The summed E-state index contributed by atoms with van der Waals surface area (Å²) in [7, 11) is 1.70. The number of aromatic nitrogens is 1. The molecule has 0 fully saturated rings. The minimum absolute atomic E-state index is 0.223. The van der Waals surface area contributed by atoms with E-state index in [4.69, 9.17) is 14.2 Å². The molecular formula is C20H26N2O3. The second-order valence-corrected chi connectivity index (χ2v) is 6.36. The summed E-state index contributed by atoms with van der Waals surface area (Å²) in [5, 5.41) is 3.46. The summed E-state index contributed by atoms with van der Waals surface area (Å²) in [4.78, 5) is 4.33. The first kappa shape index (κ1) is 17.5. The Bertz CT molecular complexity index is 701. The van der Waals surface area contributed by atoms with Crippen LogP contribution >= 0.6 is 0 Å². The van der Waals surface area contributed by atoms with Crippen LogP contribution in [0.5, 0.6) is 17.4 Å².